The summed E-state index contributed by atoms with van der Waals surface area (Å²) in [5, 5.41) is 8.73. The number of alkyl halides is 3. The molecule has 0 bridgehead atoms. The van der Waals surface area contributed by atoms with E-state index in [2.05, 4.69) is 4.98 Å². The van der Waals surface area contributed by atoms with Gasteiger partial charge in [-0.2, -0.15) is 0 Å². The first-order valence-corrected chi connectivity index (χ1v) is 5.15. The highest BCUT2D eigenvalue weighted by Crippen LogP contribution is 2.30. The highest BCUT2D eigenvalue weighted by atomic mass is 35.5. The molecule has 0 atom stereocenters. The fourth-order valence-electron chi connectivity index (χ4n) is 1.45. The fourth-order valence-corrected chi connectivity index (χ4v) is 1.74. The predicted molar refractivity (Wildman–Crippen MR) is 56.6 cm³/mol. The van der Waals surface area contributed by atoms with Crippen LogP contribution in [-0.2, 0) is 17.1 Å². The number of ether oxygens (including phenoxy) is 1. The smallest absolute Gasteiger partial charge is 0.307 e. The van der Waals surface area contributed by atoms with Crippen LogP contribution in [0.1, 0.15) is 23.2 Å². The van der Waals surface area contributed by atoms with E-state index >= 15 is 0 Å². The SMILES string of the molecule is COc1cnc(C(F)F)c(CCl)c1CC(=O)O. The summed E-state index contributed by atoms with van der Waals surface area (Å²) in [7, 11) is 1.31. The van der Waals surface area contributed by atoms with Crippen molar-refractivity contribution in [1.82, 2.24) is 4.98 Å². The summed E-state index contributed by atoms with van der Waals surface area (Å²) in [5.74, 6) is -1.25. The van der Waals surface area contributed by atoms with Gasteiger partial charge in [0.25, 0.3) is 6.43 Å². The number of hydrogen-bond acceptors (Lipinski definition) is 3. The molecule has 7 heteroatoms. The first kappa shape index (κ1) is 13.6. The number of aliphatic carboxylic acids is 1. The summed E-state index contributed by atoms with van der Waals surface area (Å²) in [5.41, 5.74) is -0.347. The van der Waals surface area contributed by atoms with Crippen LogP contribution in [0.3, 0.4) is 0 Å². The van der Waals surface area contributed by atoms with Crippen LogP contribution >= 0.6 is 11.6 Å². The van der Waals surface area contributed by atoms with Crippen molar-refractivity contribution in [2.24, 2.45) is 0 Å². The molecule has 0 radical (unpaired) electrons. The monoisotopic (exact) mass is 265 g/mol. The first-order chi connectivity index (χ1) is 8.01. The molecule has 0 aromatic carbocycles. The maximum atomic E-state index is 12.7. The van der Waals surface area contributed by atoms with E-state index in [1.165, 1.54) is 7.11 Å². The first-order valence-electron chi connectivity index (χ1n) is 4.61. The molecule has 1 aromatic heterocycles. The van der Waals surface area contributed by atoms with Gasteiger partial charge >= 0.3 is 5.97 Å². The molecule has 1 aromatic rings. The Balaban J connectivity index is 3.37. The van der Waals surface area contributed by atoms with E-state index in [0.29, 0.717) is 0 Å². The second-order valence-electron chi connectivity index (χ2n) is 3.17. The minimum Gasteiger partial charge on any atom is -0.495 e. The Hall–Kier alpha value is -1.43. The fraction of sp³-hybridized carbons (Fsp3) is 0.400. The third-order valence-corrected chi connectivity index (χ3v) is 2.45. The molecule has 17 heavy (non-hydrogen) atoms. The third-order valence-electron chi connectivity index (χ3n) is 2.18. The van der Waals surface area contributed by atoms with Gasteiger partial charge in [0.1, 0.15) is 11.4 Å². The average Bonchev–Trinajstić information content (AvgIpc) is 2.27. The second kappa shape index (κ2) is 5.77. The quantitative estimate of drug-likeness (QED) is 0.831. The number of carbonyl (C=O) groups is 1. The summed E-state index contributed by atoms with van der Waals surface area (Å²) < 4.78 is 30.2. The molecular formula is C10H10ClF2NO3. The Morgan fingerprint density at radius 2 is 2.24 bits per heavy atom. The van der Waals surface area contributed by atoms with Crippen molar-refractivity contribution < 1.29 is 23.4 Å². The van der Waals surface area contributed by atoms with Crippen molar-refractivity contribution in [2.75, 3.05) is 7.11 Å². The average molecular weight is 266 g/mol. The van der Waals surface area contributed by atoms with E-state index in [-0.39, 0.29) is 22.8 Å². The summed E-state index contributed by atoms with van der Waals surface area (Å²) in [6.07, 6.45) is -2.16. The predicted octanol–water partition coefficient (Wildman–Crippen LogP) is 2.39. The van der Waals surface area contributed by atoms with Gasteiger partial charge < -0.3 is 9.84 Å². The van der Waals surface area contributed by atoms with Crippen LogP contribution in [-0.4, -0.2) is 23.2 Å². The maximum Gasteiger partial charge on any atom is 0.307 e. The minimum atomic E-state index is -2.80. The number of aromatic nitrogens is 1. The lowest BCUT2D eigenvalue weighted by atomic mass is 10.0. The van der Waals surface area contributed by atoms with Crippen LogP contribution in [0.15, 0.2) is 6.20 Å². The largest absolute Gasteiger partial charge is 0.495 e. The number of methoxy groups -OCH3 is 1. The number of halogens is 3. The molecule has 1 N–H and O–H groups in total. The van der Waals surface area contributed by atoms with Gasteiger partial charge in [0.15, 0.2) is 0 Å². The summed E-state index contributed by atoms with van der Waals surface area (Å²) in [6, 6.07) is 0. The van der Waals surface area contributed by atoms with Crippen molar-refractivity contribution in [2.45, 2.75) is 18.7 Å². The molecule has 94 valence electrons. The van der Waals surface area contributed by atoms with Crippen LogP contribution in [0, 0.1) is 0 Å². The van der Waals surface area contributed by atoms with E-state index in [4.69, 9.17) is 21.4 Å². The molecule has 0 aliphatic rings. The Bertz CT molecular complexity index is 426. The Morgan fingerprint density at radius 3 is 2.65 bits per heavy atom. The van der Waals surface area contributed by atoms with E-state index in [0.717, 1.165) is 6.20 Å². The zero-order valence-corrected chi connectivity index (χ0v) is 9.67. The number of carboxylic acids is 1. The Labute approximate surface area is 101 Å². The van der Waals surface area contributed by atoms with Gasteiger partial charge in [-0.1, -0.05) is 0 Å². The van der Waals surface area contributed by atoms with Crippen LogP contribution in [0.2, 0.25) is 0 Å². The van der Waals surface area contributed by atoms with Gasteiger partial charge in [-0.15, -0.1) is 11.6 Å². The normalized spacial score (nSPS) is 10.6. The van der Waals surface area contributed by atoms with Crippen LogP contribution in [0.25, 0.3) is 0 Å². The molecule has 0 saturated heterocycles. The molecule has 0 aliphatic carbocycles. The third kappa shape index (κ3) is 3.03. The van der Waals surface area contributed by atoms with E-state index in [1.54, 1.807) is 0 Å². The van der Waals surface area contributed by atoms with Crippen LogP contribution < -0.4 is 4.74 Å². The maximum absolute atomic E-state index is 12.7. The standard InChI is InChI=1S/C10H10ClF2NO3/c1-17-7-4-14-9(10(12)13)6(3-11)5(7)2-8(15)16/h4,10H,2-3H2,1H3,(H,15,16). The van der Waals surface area contributed by atoms with Crippen molar-refractivity contribution in [3.8, 4) is 5.75 Å². The number of hydrogen-bond donors (Lipinski definition) is 1. The van der Waals surface area contributed by atoms with Crippen molar-refractivity contribution in [3.05, 3.63) is 23.0 Å². The van der Waals surface area contributed by atoms with E-state index in [9.17, 15) is 13.6 Å². The number of rotatable bonds is 5. The molecule has 1 rings (SSSR count). The molecule has 0 amide bonds. The number of carboxylic acid groups (broad SMARTS) is 1. The lowest BCUT2D eigenvalue weighted by Gasteiger charge is -2.14. The van der Waals surface area contributed by atoms with Crippen LogP contribution in [0.4, 0.5) is 8.78 Å². The van der Waals surface area contributed by atoms with E-state index in [1.807, 2.05) is 0 Å². The van der Waals surface area contributed by atoms with Gasteiger partial charge in [0.2, 0.25) is 0 Å². The zero-order chi connectivity index (χ0) is 13.0. The second-order valence-corrected chi connectivity index (χ2v) is 3.44. The highest BCUT2D eigenvalue weighted by Gasteiger charge is 2.22. The lowest BCUT2D eigenvalue weighted by Crippen LogP contribution is -2.09. The topological polar surface area (TPSA) is 59.4 Å². The van der Waals surface area contributed by atoms with Gasteiger partial charge in [-0.25, -0.2) is 8.78 Å². The molecule has 0 unspecified atom stereocenters. The number of pyridine rings is 1. The van der Waals surface area contributed by atoms with Gasteiger partial charge in [-0.05, 0) is 0 Å². The summed E-state index contributed by atoms with van der Waals surface area (Å²) >= 11 is 5.57. The van der Waals surface area contributed by atoms with Gasteiger partial charge in [-0.3, -0.25) is 9.78 Å². The van der Waals surface area contributed by atoms with Crippen molar-refractivity contribution >= 4 is 17.6 Å². The molecule has 0 aliphatic heterocycles. The molecule has 0 fully saturated rings. The molecule has 0 saturated carbocycles. The molecule has 4 nitrogen and oxygen atoms in total. The zero-order valence-electron chi connectivity index (χ0n) is 8.91. The highest BCUT2D eigenvalue weighted by molar-refractivity contribution is 6.17. The van der Waals surface area contributed by atoms with Crippen molar-refractivity contribution in [3.63, 3.8) is 0 Å². The number of nitrogens with zero attached hydrogens (tertiary/aromatic N) is 1. The van der Waals surface area contributed by atoms with Crippen LogP contribution in [0.5, 0.6) is 5.75 Å². The summed E-state index contributed by atoms with van der Waals surface area (Å²) in [6.45, 7) is 0. The molecule has 0 spiro atoms. The molecule has 1 heterocycles. The minimum absolute atomic E-state index is 0.0171. The van der Waals surface area contributed by atoms with Gasteiger partial charge in [0, 0.05) is 17.0 Å². The van der Waals surface area contributed by atoms with E-state index < -0.39 is 24.5 Å². The summed E-state index contributed by atoms with van der Waals surface area (Å²) in [4.78, 5) is 14.2. The lowest BCUT2D eigenvalue weighted by molar-refractivity contribution is -0.136. The van der Waals surface area contributed by atoms with Crippen molar-refractivity contribution in [1.29, 1.82) is 0 Å². The van der Waals surface area contributed by atoms with Gasteiger partial charge in [0.05, 0.1) is 19.7 Å². The molecular weight excluding hydrogens is 256 g/mol. The Kier molecular flexibility index (Phi) is 4.62. The Morgan fingerprint density at radius 1 is 1.59 bits per heavy atom.